The van der Waals surface area contributed by atoms with E-state index in [0.29, 0.717) is 56.9 Å². The Hall–Kier alpha value is -14.3. The van der Waals surface area contributed by atoms with E-state index in [4.69, 9.17) is 80.5 Å². The average molecular weight is 2130 g/mol. The molecule has 16 rings (SSSR count). The van der Waals surface area contributed by atoms with Crippen molar-refractivity contribution >= 4 is 78.5 Å². The number of nitrogens with zero attached hydrogens (tertiary/aromatic N) is 6. The van der Waals surface area contributed by atoms with Gasteiger partial charge in [-0.15, -0.1) is 37.5 Å². The monoisotopic (exact) mass is 2130 g/mol. The zero-order chi connectivity index (χ0) is 107. The van der Waals surface area contributed by atoms with Crippen molar-refractivity contribution in [1.29, 1.82) is 0 Å². The molecule has 768 valence electrons. The molecule has 41 heteroatoms. The van der Waals surface area contributed by atoms with Gasteiger partial charge >= 0.3 is 76.2 Å². The van der Waals surface area contributed by atoms with Crippen molar-refractivity contribution < 1.29 is 109 Å². The minimum absolute atomic E-state index is 0. The van der Waals surface area contributed by atoms with Gasteiger partial charge in [0.15, 0.2) is 52.6 Å². The molecule has 4 aliphatic rings. The number of ether oxygens (including phenoxy) is 8. The summed E-state index contributed by atoms with van der Waals surface area (Å²) in [5.41, 5.74) is -3.19. The number of benzene rings is 8. The summed E-state index contributed by atoms with van der Waals surface area (Å²) in [7, 11) is -7.83. The molecule has 0 amide bonds. The molecule has 8 aromatic carbocycles. The van der Waals surface area contributed by atoms with Crippen LogP contribution in [0.5, 0.6) is 0 Å². The number of rotatable bonds is 27. The van der Waals surface area contributed by atoms with E-state index in [-0.39, 0.29) is 83.0 Å². The third-order valence-corrected chi connectivity index (χ3v) is 29.7. The molecule has 0 saturated carbocycles. The van der Waals surface area contributed by atoms with Gasteiger partial charge in [-0.25, -0.2) is 55.2 Å². The Morgan fingerprint density at radius 2 is 0.752 bits per heavy atom. The summed E-state index contributed by atoms with van der Waals surface area (Å²) >= 11 is 4.95. The first-order valence-corrected chi connectivity index (χ1v) is 50.9. The van der Waals surface area contributed by atoms with Crippen LogP contribution in [0.2, 0.25) is 0 Å². The maximum Gasteiger partial charge on any atom is 1.00 e. The van der Waals surface area contributed by atoms with Crippen LogP contribution >= 0.6 is 23.5 Å². The Balaban J connectivity index is 0.000000196. The average Bonchev–Trinajstić information content (AvgIpc) is 1.61. The van der Waals surface area contributed by atoms with Gasteiger partial charge in [0.2, 0.25) is 0 Å². The maximum atomic E-state index is 13.7. The van der Waals surface area contributed by atoms with Crippen molar-refractivity contribution in [3.8, 4) is 49.4 Å². The summed E-state index contributed by atoms with van der Waals surface area (Å²) in [6, 6.07) is 61.8. The van der Waals surface area contributed by atoms with Gasteiger partial charge in [0.1, 0.15) is 51.4 Å². The van der Waals surface area contributed by atoms with Crippen LogP contribution in [0.1, 0.15) is 143 Å². The molecule has 12 aromatic rings. The molecule has 1 unspecified atom stereocenters. The Morgan fingerprint density at radius 1 is 0.436 bits per heavy atom. The number of H-pyrrole nitrogens is 4. The fraction of sp³-hybridized carbons (Fsp3) is 0.259. The first kappa shape index (κ1) is 117. The number of aliphatic hydroxyl groups is 1. The van der Waals surface area contributed by atoms with Gasteiger partial charge in [-0.05, 0) is 194 Å². The van der Waals surface area contributed by atoms with Gasteiger partial charge in [-0.3, -0.25) is 69.2 Å². The number of carbonyl (C=O) groups is 4. The number of hydrogen-bond acceptors (Lipinski definition) is 26. The molecule has 8 heterocycles. The van der Waals surface area contributed by atoms with E-state index in [1.807, 2.05) is 64.1 Å². The van der Waals surface area contributed by atoms with Crippen LogP contribution in [0.4, 0.5) is 0 Å². The van der Waals surface area contributed by atoms with Crippen LogP contribution in [-0.4, -0.2) is 150 Å². The molecule has 4 aliphatic heterocycles. The minimum Gasteiger partial charge on any atom is -0.458 e. The number of carbonyl (C=O) groups excluding carboxylic acids is 4. The van der Waals surface area contributed by atoms with Crippen LogP contribution in [-0.2, 0) is 69.0 Å². The number of hydrogen-bond donors (Lipinski definition) is 5. The van der Waals surface area contributed by atoms with E-state index in [1.54, 1.807) is 203 Å². The Kier molecular flexibility index (Phi) is 41.5. The van der Waals surface area contributed by atoms with E-state index in [1.165, 1.54) is 86.0 Å². The number of aliphatic hydroxyl groups excluding tert-OH is 1. The van der Waals surface area contributed by atoms with Crippen LogP contribution in [0.3, 0.4) is 0 Å². The van der Waals surface area contributed by atoms with E-state index in [9.17, 15) is 74.4 Å². The van der Waals surface area contributed by atoms with E-state index in [2.05, 4.69) is 58.9 Å². The number of thioether (sulfide) groups is 1. The summed E-state index contributed by atoms with van der Waals surface area (Å²) in [4.78, 5) is 157. The van der Waals surface area contributed by atoms with Gasteiger partial charge in [-0.2, -0.15) is 0 Å². The number of esters is 4. The Labute approximate surface area is 892 Å². The molecule has 0 bridgehead atoms. The zero-order valence-corrected chi connectivity index (χ0v) is 88.5. The molecule has 2 fully saturated rings. The predicted octanol–water partition coefficient (Wildman–Crippen LogP) is 10.1. The zero-order valence-electron chi connectivity index (χ0n) is 82.5. The molecule has 0 aliphatic carbocycles. The number of aryl methyl sites for hydroxylation is 8. The van der Waals surface area contributed by atoms with E-state index >= 15 is 0 Å². The molecule has 0 spiro atoms. The number of sulfonamides is 2. The second-order valence-corrected chi connectivity index (χ2v) is 41.1. The van der Waals surface area contributed by atoms with Crippen molar-refractivity contribution in [2.75, 3.05) is 33.0 Å². The fourth-order valence-electron chi connectivity index (χ4n) is 14.5. The van der Waals surface area contributed by atoms with Crippen molar-refractivity contribution in [3.05, 3.63) is 426 Å². The van der Waals surface area contributed by atoms with Gasteiger partial charge in [0.25, 0.3) is 22.2 Å². The van der Waals surface area contributed by atoms with Crippen LogP contribution in [0.25, 0.3) is 8.37 Å². The summed E-state index contributed by atoms with van der Waals surface area (Å²) in [5, 5.41) is 6.95. The number of aromatic nitrogens is 8. The third-order valence-electron chi connectivity index (χ3n) is 22.8. The van der Waals surface area contributed by atoms with E-state index in [0.717, 1.165) is 40.0 Å². The first-order valence-electron chi connectivity index (χ1n) is 45.6. The molecule has 35 nitrogen and oxygen atoms in total. The van der Waals surface area contributed by atoms with E-state index < -0.39 is 153 Å². The third kappa shape index (κ3) is 31.0. The summed E-state index contributed by atoms with van der Waals surface area (Å²) in [5.74, 6) is 7.97. The van der Waals surface area contributed by atoms with Crippen molar-refractivity contribution in [1.82, 2.24) is 38.2 Å². The largest absolute Gasteiger partial charge is 1.00 e. The summed E-state index contributed by atoms with van der Waals surface area (Å²) in [6.07, 6.45) is 33.6. The number of unbranched alkanes of at least 4 members (excludes halogenated alkanes) is 1. The smallest absolute Gasteiger partial charge is 0.458 e. The summed E-state index contributed by atoms with van der Waals surface area (Å²) < 4.78 is 107. The minimum atomic E-state index is -4.21. The number of aromatic amines is 4. The standard InChI is InChI=1S/C33H31N3O7S2.C26H24N2O5S.2C19H16N2O5.C7H7ClNO2S.C4H10O.Na/c1-5-33(21-42-31(38)25-9-7-6-8-10-25)19-28(30(43-33)36-20-24(4)29(37)34-32(36)39)44(26-15-11-22(2)12-16-26)35-45(40,41)27-17-13-23(3)14-18-27;1-4-26(16-32-24(30)19-8-6-5-7-9-19)14-21(34-20-12-10-17(2)11-13-20)23(33-26)28-15-18(3)22(29)27-25(28)31;2*1-3-19(12-25-17(23)14-7-5-4-6-8-14)10-9-15(26-19)21-11-13(2)16(22)20-18(21)24;1-6-2-4-7(5-3-6)12(10,11)9-8;1-2-3-4-5;/h1,6-18,20,28,30H,19,21H2,2-4H3,(H,34,37,39);1,5-13,15,21,23H,14,16H2,2-3H3,(H,27,29,31);2*1,4-11,15H,12H2,2H3,(H,20,22,24);2-5H,1H3;5H,2-4H2,1H3;/q;;;;-1;;+1/t28-,30-,33+,44?;21-,23-,26+;2*15-,19+;;;/m1111.../s1. The molecule has 5 N–H and O–H groups in total. The first-order chi connectivity index (χ1) is 70.6. The Bertz CT molecular complexity index is 7610. The van der Waals surface area contributed by atoms with Gasteiger partial charge in [0.05, 0.1) is 32.4 Å². The second kappa shape index (κ2) is 53.0. The second-order valence-electron chi connectivity index (χ2n) is 34.1. The van der Waals surface area contributed by atoms with Crippen molar-refractivity contribution in [2.24, 2.45) is 0 Å². The van der Waals surface area contributed by atoms with Crippen molar-refractivity contribution in [3.63, 3.8) is 0 Å². The van der Waals surface area contributed by atoms with Crippen LogP contribution in [0, 0.1) is 105 Å². The molecule has 11 atom stereocenters. The molecule has 0 radical (unpaired) electrons. The van der Waals surface area contributed by atoms with Gasteiger partial charge in [-0.1, -0.05) is 181 Å². The Morgan fingerprint density at radius 3 is 1.09 bits per heavy atom. The molecular weight excluding hydrogens is 2020 g/mol. The molecular formula is C108H104ClN10NaO25S4. The van der Waals surface area contributed by atoms with Gasteiger partial charge < -0.3 is 51.4 Å². The van der Waals surface area contributed by atoms with Crippen molar-refractivity contribution in [2.45, 2.75) is 165 Å². The molecule has 2 saturated heterocycles. The predicted molar refractivity (Wildman–Crippen MR) is 558 cm³/mol. The fourth-order valence-corrected chi connectivity index (χ4v) is 20.7. The van der Waals surface area contributed by atoms with Crippen LogP contribution in [0.15, 0.2) is 325 Å². The van der Waals surface area contributed by atoms with Gasteiger partial charge in [0, 0.05) is 76.3 Å². The quantitative estimate of drug-likeness (QED) is 0.00797. The number of terminal acetylenes is 4. The maximum absolute atomic E-state index is 13.7. The normalized spacial score (nSPS) is 19.7. The molecule has 149 heavy (non-hydrogen) atoms. The number of nitrogens with one attached hydrogen (secondary N) is 4. The summed E-state index contributed by atoms with van der Waals surface area (Å²) in [6.45, 7) is 15.3. The number of halogens is 1. The van der Waals surface area contributed by atoms with Crippen LogP contribution < -0.4 is 74.6 Å². The SMILES string of the molecule is C#C[C@@]1(COC(=O)c2ccccc2)C=C[C@H](n2cc(C)c(=O)[nH]c2=O)O1.C#C[C@@]1(COC(=O)c2ccccc2)C=C[C@H](n2cc(C)c(=O)[nH]c2=O)O1.C#C[C@@]1(COC(=O)c2ccccc2)C[C@@H](Sc2ccc(C)cc2)[C@H](n2cc(C)c(=O)[nH]c2=O)O1.C#C[C@@]1(COC(=O)c2ccccc2)C[C@@H]([S+]([N-]S(=O)(=O)c2ccc(C)cc2)c2ccc(C)cc2)[C@H](n2cc(C)c(=O)[nH]c2=O)O1.CCCCO.Cc1ccc(S(=O)(=O)[N-]Cl)cc1.[Na+]. The topological polar surface area (TPSA) is 478 Å². The molecule has 4 aromatic heterocycles.